The summed E-state index contributed by atoms with van der Waals surface area (Å²) in [4.78, 5) is 15.2. The van der Waals surface area contributed by atoms with Crippen molar-refractivity contribution < 1.29 is 8.78 Å². The van der Waals surface area contributed by atoms with Crippen molar-refractivity contribution in [2.75, 3.05) is 0 Å². The number of hydrogen-bond acceptors (Lipinski definition) is 2. The van der Waals surface area contributed by atoms with Gasteiger partial charge in [0.1, 0.15) is 5.69 Å². The van der Waals surface area contributed by atoms with Crippen molar-refractivity contribution in [3.8, 4) is 0 Å². The second-order valence-corrected chi connectivity index (χ2v) is 3.68. The van der Waals surface area contributed by atoms with Crippen LogP contribution in [0.15, 0.2) is 29.2 Å². The van der Waals surface area contributed by atoms with Gasteiger partial charge in [-0.15, -0.1) is 0 Å². The largest absolute Gasteiger partial charge is 0.306 e. The molecule has 0 aliphatic carbocycles. The minimum absolute atomic E-state index is 0.216. The van der Waals surface area contributed by atoms with Gasteiger partial charge in [-0.1, -0.05) is 0 Å². The van der Waals surface area contributed by atoms with Crippen LogP contribution < -0.4 is 5.43 Å². The standard InChI is InChI=1S/C11H7F2N3O/c12-10(13)9-6-2-1-5(17)3-7(6)8-4-14-16-11(8)15-9/h1-4,10H,(H2,14,15,16). The van der Waals surface area contributed by atoms with Crippen molar-refractivity contribution >= 4 is 21.8 Å². The summed E-state index contributed by atoms with van der Waals surface area (Å²) < 4.78 is 25.7. The zero-order valence-corrected chi connectivity index (χ0v) is 8.50. The summed E-state index contributed by atoms with van der Waals surface area (Å²) in [5.41, 5.74) is -0.215. The number of benzene rings is 1. The molecule has 2 aromatic heterocycles. The Balaban J connectivity index is 2.58. The second-order valence-electron chi connectivity index (χ2n) is 3.68. The summed E-state index contributed by atoms with van der Waals surface area (Å²) in [6, 6.07) is 3.99. The number of alkyl halides is 2. The molecule has 0 spiro atoms. The van der Waals surface area contributed by atoms with Gasteiger partial charge in [0.2, 0.25) is 0 Å². The zero-order chi connectivity index (χ0) is 12.0. The summed E-state index contributed by atoms with van der Waals surface area (Å²) in [6.07, 6.45) is -1.08. The molecule has 0 aliphatic heterocycles. The van der Waals surface area contributed by atoms with E-state index >= 15 is 0 Å². The van der Waals surface area contributed by atoms with E-state index < -0.39 is 6.43 Å². The summed E-state index contributed by atoms with van der Waals surface area (Å²) >= 11 is 0. The fourth-order valence-corrected chi connectivity index (χ4v) is 1.92. The van der Waals surface area contributed by atoms with Crippen LogP contribution in [0.3, 0.4) is 0 Å². The quantitative estimate of drug-likeness (QED) is 0.680. The number of rotatable bonds is 1. The van der Waals surface area contributed by atoms with E-state index in [1.807, 2.05) is 0 Å². The van der Waals surface area contributed by atoms with Gasteiger partial charge >= 0.3 is 0 Å². The highest BCUT2D eigenvalue weighted by molar-refractivity contribution is 6.05. The molecule has 0 radical (unpaired) electrons. The van der Waals surface area contributed by atoms with Gasteiger partial charge in [-0.3, -0.25) is 9.89 Å². The number of halogens is 2. The SMILES string of the molecule is O=c1ccc2c(C(F)F)nc3[nH][nH]cc3c2c1. The number of nitrogens with zero attached hydrogens (tertiary/aromatic N) is 1. The highest BCUT2D eigenvalue weighted by atomic mass is 19.3. The molecule has 1 aromatic carbocycles. The van der Waals surface area contributed by atoms with Crippen LogP contribution in [0.5, 0.6) is 0 Å². The van der Waals surface area contributed by atoms with E-state index in [1.165, 1.54) is 18.2 Å². The maximum absolute atomic E-state index is 12.9. The third kappa shape index (κ3) is 1.41. The molecular formula is C11H7F2N3O. The van der Waals surface area contributed by atoms with E-state index in [4.69, 9.17) is 0 Å². The molecule has 4 nitrogen and oxygen atoms in total. The van der Waals surface area contributed by atoms with Crippen LogP contribution in [0.2, 0.25) is 0 Å². The first-order valence-electron chi connectivity index (χ1n) is 4.94. The molecule has 2 N–H and O–H groups in total. The van der Waals surface area contributed by atoms with Gasteiger partial charge in [-0.05, 0) is 18.2 Å². The summed E-state index contributed by atoms with van der Waals surface area (Å²) in [7, 11) is 0. The number of nitrogens with one attached hydrogen (secondary N) is 2. The van der Waals surface area contributed by atoms with Gasteiger partial charge in [0.25, 0.3) is 6.43 Å². The van der Waals surface area contributed by atoms with Gasteiger partial charge in [-0.25, -0.2) is 13.8 Å². The number of pyridine rings is 1. The van der Waals surface area contributed by atoms with Crippen LogP contribution in [-0.2, 0) is 0 Å². The molecule has 3 aromatic rings. The Kier molecular flexibility index (Phi) is 1.98. The maximum Gasteiger partial charge on any atom is 0.281 e. The van der Waals surface area contributed by atoms with E-state index in [0.29, 0.717) is 21.8 Å². The summed E-state index contributed by atoms with van der Waals surface area (Å²) in [5, 5.41) is 6.75. The molecule has 0 atom stereocenters. The van der Waals surface area contributed by atoms with Crippen LogP contribution >= 0.6 is 0 Å². The van der Waals surface area contributed by atoms with Crippen LogP contribution in [-0.4, -0.2) is 15.2 Å². The Morgan fingerprint density at radius 1 is 1.18 bits per heavy atom. The average molecular weight is 235 g/mol. The Bertz CT molecular complexity index is 760. The lowest BCUT2D eigenvalue weighted by molar-refractivity contribution is 0.148. The number of H-pyrrole nitrogens is 2. The average Bonchev–Trinajstić information content (AvgIpc) is 2.75. The van der Waals surface area contributed by atoms with Crippen molar-refractivity contribution in [2.45, 2.75) is 6.43 Å². The van der Waals surface area contributed by atoms with Gasteiger partial charge in [-0.2, -0.15) is 0 Å². The van der Waals surface area contributed by atoms with Gasteiger partial charge in [0.15, 0.2) is 11.1 Å². The van der Waals surface area contributed by atoms with Crippen molar-refractivity contribution in [2.24, 2.45) is 0 Å². The van der Waals surface area contributed by atoms with Gasteiger partial charge < -0.3 is 5.10 Å². The third-order valence-electron chi connectivity index (χ3n) is 2.66. The lowest BCUT2D eigenvalue weighted by Gasteiger charge is -2.05. The van der Waals surface area contributed by atoms with Crippen LogP contribution in [0.25, 0.3) is 21.8 Å². The molecule has 17 heavy (non-hydrogen) atoms. The minimum Gasteiger partial charge on any atom is -0.306 e. The topological polar surface area (TPSA) is 61.5 Å². The summed E-state index contributed by atoms with van der Waals surface area (Å²) in [6.45, 7) is 0. The molecule has 0 amide bonds. The maximum atomic E-state index is 12.9. The van der Waals surface area contributed by atoms with Crippen LogP contribution in [0.1, 0.15) is 12.1 Å². The number of hydrogen-bond donors (Lipinski definition) is 2. The van der Waals surface area contributed by atoms with E-state index in [-0.39, 0.29) is 11.1 Å². The lowest BCUT2D eigenvalue weighted by atomic mass is 10.1. The van der Waals surface area contributed by atoms with Crippen LogP contribution in [0, 0.1) is 0 Å². The van der Waals surface area contributed by atoms with Crippen LogP contribution in [0.4, 0.5) is 8.78 Å². The highest BCUT2D eigenvalue weighted by Crippen LogP contribution is 2.29. The molecule has 0 saturated carbocycles. The van der Waals surface area contributed by atoms with Crippen molar-refractivity contribution in [3.63, 3.8) is 0 Å². The molecule has 3 rings (SSSR count). The highest BCUT2D eigenvalue weighted by Gasteiger charge is 2.16. The minimum atomic E-state index is -2.68. The first-order valence-corrected chi connectivity index (χ1v) is 4.94. The molecule has 0 fully saturated rings. The Morgan fingerprint density at radius 3 is 2.76 bits per heavy atom. The molecule has 0 bridgehead atoms. The van der Waals surface area contributed by atoms with E-state index in [9.17, 15) is 13.6 Å². The first kappa shape index (κ1) is 9.95. The van der Waals surface area contributed by atoms with Gasteiger partial charge in [0.05, 0.1) is 0 Å². The van der Waals surface area contributed by atoms with E-state index in [2.05, 4.69) is 15.2 Å². The van der Waals surface area contributed by atoms with Crippen molar-refractivity contribution in [1.29, 1.82) is 0 Å². The predicted octanol–water partition coefficient (Wildman–Crippen LogP) is 2.34. The Hall–Kier alpha value is -2.24. The smallest absolute Gasteiger partial charge is 0.281 e. The molecule has 0 unspecified atom stereocenters. The normalized spacial score (nSPS) is 11.7. The zero-order valence-electron chi connectivity index (χ0n) is 8.50. The molecule has 0 aliphatic rings. The number of aromatic nitrogens is 3. The number of aromatic amines is 2. The van der Waals surface area contributed by atoms with E-state index in [0.717, 1.165) is 0 Å². The van der Waals surface area contributed by atoms with Gasteiger partial charge in [0, 0.05) is 22.4 Å². The Morgan fingerprint density at radius 2 is 2.00 bits per heavy atom. The monoisotopic (exact) mass is 235 g/mol. The van der Waals surface area contributed by atoms with Crippen molar-refractivity contribution in [1.82, 2.24) is 15.2 Å². The summed E-state index contributed by atoms with van der Waals surface area (Å²) in [5.74, 6) is 0. The van der Waals surface area contributed by atoms with Crippen molar-refractivity contribution in [3.05, 3.63) is 40.3 Å². The fraction of sp³-hybridized carbons (Fsp3) is 0.0909. The third-order valence-corrected chi connectivity index (χ3v) is 2.66. The number of fused-ring (bicyclic) bond motifs is 3. The first-order chi connectivity index (χ1) is 8.16. The molecular weight excluding hydrogens is 228 g/mol. The fourth-order valence-electron chi connectivity index (χ4n) is 1.92. The molecule has 2 heterocycles. The second kappa shape index (κ2) is 3.38. The molecule has 0 saturated heterocycles. The molecule has 86 valence electrons. The lowest BCUT2D eigenvalue weighted by Crippen LogP contribution is -1.99. The molecule has 6 heteroatoms. The Labute approximate surface area is 93.3 Å². The predicted molar refractivity (Wildman–Crippen MR) is 59.2 cm³/mol. The van der Waals surface area contributed by atoms with E-state index in [1.54, 1.807) is 6.20 Å².